The van der Waals surface area contributed by atoms with Crippen molar-refractivity contribution in [2.75, 3.05) is 18.1 Å². The summed E-state index contributed by atoms with van der Waals surface area (Å²) in [6.07, 6.45) is 4.48. The van der Waals surface area contributed by atoms with E-state index in [2.05, 4.69) is 25.4 Å². The van der Waals surface area contributed by atoms with Crippen LogP contribution in [0.3, 0.4) is 0 Å². The van der Waals surface area contributed by atoms with Crippen molar-refractivity contribution < 1.29 is 14.4 Å². The van der Waals surface area contributed by atoms with Gasteiger partial charge in [0.1, 0.15) is 0 Å². The van der Waals surface area contributed by atoms with E-state index < -0.39 is 0 Å². The molecular weight excluding hydrogens is 332 g/mol. The number of hydroxylamine groups is 2. The Morgan fingerprint density at radius 1 is 1.30 bits per heavy atom. The predicted octanol–water partition coefficient (Wildman–Crippen LogP) is 3.65. The van der Waals surface area contributed by atoms with Crippen molar-refractivity contribution in [2.24, 2.45) is 0 Å². The molecule has 1 N–H and O–H groups in total. The summed E-state index contributed by atoms with van der Waals surface area (Å²) < 4.78 is 0. The summed E-state index contributed by atoms with van der Waals surface area (Å²) in [5, 5.41) is 4.34. The minimum absolute atomic E-state index is 0.195. The Morgan fingerprint density at radius 2 is 2.00 bits per heavy atom. The lowest BCUT2D eigenvalue weighted by Crippen LogP contribution is -2.27. The van der Waals surface area contributed by atoms with Crippen molar-refractivity contribution >= 4 is 33.5 Å². The van der Waals surface area contributed by atoms with Crippen LogP contribution in [0.25, 0.3) is 0 Å². The minimum Gasteiger partial charge on any atom is -0.389 e. The molecule has 0 unspecified atom stereocenters. The van der Waals surface area contributed by atoms with Gasteiger partial charge in [0.25, 0.3) is 5.91 Å². The van der Waals surface area contributed by atoms with Gasteiger partial charge in [0, 0.05) is 30.2 Å². The van der Waals surface area contributed by atoms with E-state index in [-0.39, 0.29) is 18.3 Å². The summed E-state index contributed by atoms with van der Waals surface area (Å²) in [5.74, 6) is 1.03. The molecule has 0 radical (unpaired) electrons. The van der Waals surface area contributed by atoms with E-state index >= 15 is 0 Å². The smallest absolute Gasteiger partial charge is 0.333 e. The van der Waals surface area contributed by atoms with Gasteiger partial charge in [-0.1, -0.05) is 48.1 Å². The lowest BCUT2D eigenvalue weighted by atomic mass is 10.3. The van der Waals surface area contributed by atoms with Gasteiger partial charge in [-0.2, -0.15) is 0 Å². The van der Waals surface area contributed by atoms with Gasteiger partial charge in [-0.15, -0.1) is 5.06 Å². The van der Waals surface area contributed by atoms with Crippen LogP contribution in [0.5, 0.6) is 0 Å². The maximum absolute atomic E-state index is 11.7. The summed E-state index contributed by atoms with van der Waals surface area (Å²) in [6.45, 7) is 10.8. The molecule has 1 heterocycles. The standard InChI is InChI=1S/C16H26N2O3S2/c1-4-5-10-17-13(2)8-11-22-23-12-9-16(20)21-18-14(3)6-7-15(18)19/h17H,2-12H2,1H3. The molecule has 1 rings (SSSR count). The number of rotatable bonds is 12. The normalized spacial score (nSPS) is 14.2. The Hall–Kier alpha value is -1.08. The van der Waals surface area contributed by atoms with Gasteiger partial charge in [0.2, 0.25) is 0 Å². The summed E-state index contributed by atoms with van der Waals surface area (Å²) in [5.41, 5.74) is 1.62. The molecule has 0 aliphatic carbocycles. The van der Waals surface area contributed by atoms with Gasteiger partial charge < -0.3 is 10.2 Å². The maximum Gasteiger partial charge on any atom is 0.333 e. The van der Waals surface area contributed by atoms with Gasteiger partial charge in [0.05, 0.1) is 12.1 Å². The first kappa shape index (κ1) is 20.0. The molecule has 0 spiro atoms. The second-order valence-electron chi connectivity index (χ2n) is 5.25. The van der Waals surface area contributed by atoms with Crippen molar-refractivity contribution in [3.8, 4) is 0 Å². The number of nitrogens with one attached hydrogen (secondary N) is 1. The molecule has 1 aliphatic heterocycles. The maximum atomic E-state index is 11.7. The van der Waals surface area contributed by atoms with Gasteiger partial charge >= 0.3 is 5.97 Å². The molecule has 0 aromatic carbocycles. The average molecular weight is 359 g/mol. The zero-order valence-electron chi connectivity index (χ0n) is 13.8. The summed E-state index contributed by atoms with van der Waals surface area (Å²) in [7, 11) is 3.35. The monoisotopic (exact) mass is 358 g/mol. The third-order valence-corrected chi connectivity index (χ3v) is 5.61. The van der Waals surface area contributed by atoms with Gasteiger partial charge in [-0.05, 0) is 19.3 Å². The van der Waals surface area contributed by atoms with Crippen LogP contribution in [0.2, 0.25) is 0 Å². The molecule has 0 bridgehead atoms. The van der Waals surface area contributed by atoms with E-state index in [0.29, 0.717) is 24.3 Å². The summed E-state index contributed by atoms with van der Waals surface area (Å²) in [6, 6.07) is 0. The number of unbranched alkanes of at least 4 members (excludes halogenated alkanes) is 1. The zero-order chi connectivity index (χ0) is 17.1. The van der Waals surface area contributed by atoms with Crippen LogP contribution in [-0.4, -0.2) is 35.0 Å². The van der Waals surface area contributed by atoms with Crippen molar-refractivity contribution in [1.29, 1.82) is 0 Å². The molecule has 1 fully saturated rings. The van der Waals surface area contributed by atoms with Gasteiger partial charge in [-0.3, -0.25) is 4.79 Å². The number of hydrogen-bond donors (Lipinski definition) is 1. The molecular formula is C16H26N2O3S2. The molecule has 1 aliphatic rings. The molecule has 5 nitrogen and oxygen atoms in total. The highest BCUT2D eigenvalue weighted by Crippen LogP contribution is 2.25. The van der Waals surface area contributed by atoms with E-state index in [1.807, 2.05) is 0 Å². The summed E-state index contributed by atoms with van der Waals surface area (Å²) >= 11 is 0. The zero-order valence-corrected chi connectivity index (χ0v) is 15.4. The first-order chi connectivity index (χ1) is 11.0. The quantitative estimate of drug-likeness (QED) is 0.424. The third kappa shape index (κ3) is 8.37. The lowest BCUT2D eigenvalue weighted by molar-refractivity contribution is -0.186. The van der Waals surface area contributed by atoms with Crippen LogP contribution < -0.4 is 5.32 Å². The molecule has 23 heavy (non-hydrogen) atoms. The van der Waals surface area contributed by atoms with Crippen LogP contribution in [0, 0.1) is 0 Å². The molecule has 1 saturated heterocycles. The van der Waals surface area contributed by atoms with E-state index in [1.54, 1.807) is 21.6 Å². The molecule has 0 atom stereocenters. The van der Waals surface area contributed by atoms with Crippen LogP contribution in [0.15, 0.2) is 24.6 Å². The molecule has 0 aromatic heterocycles. The highest BCUT2D eigenvalue weighted by molar-refractivity contribution is 8.76. The van der Waals surface area contributed by atoms with Crippen LogP contribution in [0.4, 0.5) is 0 Å². The third-order valence-electron chi connectivity index (χ3n) is 3.20. The SMILES string of the molecule is C=C(CCSSCCC(=O)ON1C(=C)CCC1=O)NCCCC. The second kappa shape index (κ2) is 11.5. The van der Waals surface area contributed by atoms with Crippen molar-refractivity contribution in [1.82, 2.24) is 10.4 Å². The van der Waals surface area contributed by atoms with Crippen molar-refractivity contribution in [2.45, 2.75) is 45.4 Å². The van der Waals surface area contributed by atoms with Gasteiger partial charge in [-0.25, -0.2) is 4.79 Å². The van der Waals surface area contributed by atoms with Crippen molar-refractivity contribution in [3.63, 3.8) is 0 Å². The number of allylic oxidation sites excluding steroid dienone is 2. The predicted molar refractivity (Wildman–Crippen MR) is 97.5 cm³/mol. The molecule has 7 heteroatoms. The van der Waals surface area contributed by atoms with E-state index in [1.165, 1.54) is 6.42 Å². The van der Waals surface area contributed by atoms with Gasteiger partial charge in [0.15, 0.2) is 0 Å². The number of carbonyl (C=O) groups is 2. The molecule has 130 valence electrons. The molecule has 0 saturated carbocycles. The largest absolute Gasteiger partial charge is 0.389 e. The second-order valence-corrected chi connectivity index (χ2v) is 7.95. The Morgan fingerprint density at radius 3 is 2.61 bits per heavy atom. The van der Waals surface area contributed by atoms with Crippen LogP contribution >= 0.6 is 21.6 Å². The van der Waals surface area contributed by atoms with Crippen molar-refractivity contribution in [3.05, 3.63) is 24.6 Å². The van der Waals surface area contributed by atoms with E-state index in [4.69, 9.17) is 4.84 Å². The number of amides is 1. The Kier molecular flexibility index (Phi) is 9.94. The highest BCUT2D eigenvalue weighted by Gasteiger charge is 2.27. The Labute approximate surface area is 146 Å². The molecule has 0 aromatic rings. The fourth-order valence-corrected chi connectivity index (χ4v) is 3.85. The number of nitrogens with zero attached hydrogens (tertiary/aromatic N) is 1. The van der Waals surface area contributed by atoms with Crippen LogP contribution in [0.1, 0.15) is 45.4 Å². The van der Waals surface area contributed by atoms with Crippen LogP contribution in [-0.2, 0) is 14.4 Å². The van der Waals surface area contributed by atoms with E-state index in [0.717, 1.165) is 35.9 Å². The summed E-state index contributed by atoms with van der Waals surface area (Å²) in [4.78, 5) is 28.2. The lowest BCUT2D eigenvalue weighted by Gasteiger charge is -2.15. The minimum atomic E-state index is -0.389. The topological polar surface area (TPSA) is 58.6 Å². The Bertz CT molecular complexity index is 425. The fourth-order valence-electron chi connectivity index (χ4n) is 1.83. The first-order valence-corrected chi connectivity index (χ1v) is 10.4. The molecule has 1 amide bonds. The number of carbonyl (C=O) groups excluding carboxylic acids is 2. The van der Waals surface area contributed by atoms with E-state index in [9.17, 15) is 9.59 Å². The Balaban J connectivity index is 2.00. The average Bonchev–Trinajstić information content (AvgIpc) is 2.83. The first-order valence-electron chi connectivity index (χ1n) is 7.92. The fraction of sp³-hybridized carbons (Fsp3) is 0.625. The highest BCUT2D eigenvalue weighted by atomic mass is 33.1. The number of hydrogen-bond acceptors (Lipinski definition) is 6.